The van der Waals surface area contributed by atoms with Gasteiger partial charge in [-0.3, -0.25) is 0 Å². The number of alkyl halides is 2. The zero-order chi connectivity index (χ0) is 14.3. The highest BCUT2D eigenvalue weighted by molar-refractivity contribution is 14.1. The standard InChI is InChI=1S/C17H32FI/c1-14(12-13-17(2,3)18)6-4-5-7-15-8-10-16(19)11-9-15/h14-16H,4-13H2,1-3H3/t14-,15?,16?/m0/s1. The summed E-state index contributed by atoms with van der Waals surface area (Å²) >= 11 is 2.61. The van der Waals surface area contributed by atoms with Crippen molar-refractivity contribution in [1.29, 1.82) is 0 Å². The first kappa shape index (κ1) is 17.7. The molecule has 1 aliphatic carbocycles. The molecule has 19 heavy (non-hydrogen) atoms. The molecule has 1 rings (SSSR count). The number of rotatable bonds is 8. The van der Waals surface area contributed by atoms with Crippen molar-refractivity contribution < 1.29 is 4.39 Å². The molecule has 0 aromatic heterocycles. The molecule has 0 unspecified atom stereocenters. The second-order valence-electron chi connectivity index (χ2n) is 7.27. The lowest BCUT2D eigenvalue weighted by atomic mass is 9.85. The summed E-state index contributed by atoms with van der Waals surface area (Å²) in [6.45, 7) is 5.68. The van der Waals surface area contributed by atoms with Gasteiger partial charge in [-0.2, -0.15) is 0 Å². The number of hydrogen-bond acceptors (Lipinski definition) is 0. The first-order valence-corrected chi connectivity index (χ1v) is 9.44. The smallest absolute Gasteiger partial charge is 0.105 e. The number of halogens is 2. The largest absolute Gasteiger partial charge is 0.245 e. The van der Waals surface area contributed by atoms with Crippen LogP contribution in [0.25, 0.3) is 0 Å². The average Bonchev–Trinajstić information content (AvgIpc) is 2.33. The molecule has 2 heteroatoms. The van der Waals surface area contributed by atoms with Gasteiger partial charge in [-0.1, -0.05) is 55.2 Å². The number of hydrogen-bond donors (Lipinski definition) is 0. The highest BCUT2D eigenvalue weighted by Crippen LogP contribution is 2.32. The third kappa shape index (κ3) is 9.25. The Kier molecular flexibility index (Phi) is 8.24. The van der Waals surface area contributed by atoms with Gasteiger partial charge in [0.15, 0.2) is 0 Å². The molecule has 1 aliphatic rings. The molecular weight excluding hydrogens is 350 g/mol. The van der Waals surface area contributed by atoms with Crippen LogP contribution in [0.4, 0.5) is 4.39 Å². The lowest BCUT2D eigenvalue weighted by Crippen LogP contribution is -2.14. The van der Waals surface area contributed by atoms with Crippen molar-refractivity contribution in [2.75, 3.05) is 0 Å². The van der Waals surface area contributed by atoms with Crippen molar-refractivity contribution in [1.82, 2.24) is 0 Å². The van der Waals surface area contributed by atoms with Crippen LogP contribution in [0.1, 0.15) is 85.0 Å². The van der Waals surface area contributed by atoms with Crippen molar-refractivity contribution in [2.45, 2.75) is 94.6 Å². The van der Waals surface area contributed by atoms with Gasteiger partial charge in [0.05, 0.1) is 0 Å². The van der Waals surface area contributed by atoms with Gasteiger partial charge in [0.2, 0.25) is 0 Å². The van der Waals surface area contributed by atoms with E-state index in [9.17, 15) is 4.39 Å². The Balaban J connectivity index is 1.98. The summed E-state index contributed by atoms with van der Waals surface area (Å²) in [7, 11) is 0. The van der Waals surface area contributed by atoms with Gasteiger partial charge in [0, 0.05) is 3.92 Å². The third-order valence-electron chi connectivity index (χ3n) is 4.57. The van der Waals surface area contributed by atoms with E-state index in [1.54, 1.807) is 13.8 Å². The molecule has 0 nitrogen and oxygen atoms in total. The van der Waals surface area contributed by atoms with E-state index in [0.717, 1.165) is 16.3 Å². The third-order valence-corrected chi connectivity index (χ3v) is 5.81. The summed E-state index contributed by atoms with van der Waals surface area (Å²) in [4.78, 5) is 0. The minimum Gasteiger partial charge on any atom is -0.245 e. The Morgan fingerprint density at radius 2 is 1.74 bits per heavy atom. The minimum absolute atomic E-state index is 0.695. The van der Waals surface area contributed by atoms with Crippen molar-refractivity contribution in [2.24, 2.45) is 11.8 Å². The fourth-order valence-corrected chi connectivity index (χ4v) is 3.79. The Hall–Kier alpha value is 0.660. The second-order valence-corrected chi connectivity index (χ2v) is 9.03. The summed E-state index contributed by atoms with van der Waals surface area (Å²) in [6, 6.07) is 0. The van der Waals surface area contributed by atoms with E-state index < -0.39 is 5.67 Å². The first-order chi connectivity index (χ1) is 8.87. The maximum absolute atomic E-state index is 13.4. The molecule has 0 N–H and O–H groups in total. The van der Waals surface area contributed by atoms with Crippen LogP contribution in [0.2, 0.25) is 0 Å². The van der Waals surface area contributed by atoms with Gasteiger partial charge < -0.3 is 0 Å². The van der Waals surface area contributed by atoms with E-state index in [2.05, 4.69) is 29.5 Å². The van der Waals surface area contributed by atoms with Gasteiger partial charge in [-0.15, -0.1) is 0 Å². The quantitative estimate of drug-likeness (QED) is 0.249. The van der Waals surface area contributed by atoms with Crippen LogP contribution in [0.5, 0.6) is 0 Å². The Bertz CT molecular complexity index is 226. The van der Waals surface area contributed by atoms with E-state index in [1.807, 2.05) is 0 Å². The first-order valence-electron chi connectivity index (χ1n) is 8.20. The van der Waals surface area contributed by atoms with Crippen molar-refractivity contribution in [3.05, 3.63) is 0 Å². The van der Waals surface area contributed by atoms with Gasteiger partial charge in [0.25, 0.3) is 0 Å². The molecule has 0 heterocycles. The summed E-state index contributed by atoms with van der Waals surface area (Å²) in [6.07, 6.45) is 13.0. The molecule has 0 bridgehead atoms. The van der Waals surface area contributed by atoms with E-state index in [1.165, 1.54) is 51.4 Å². The van der Waals surface area contributed by atoms with Crippen LogP contribution >= 0.6 is 22.6 Å². The zero-order valence-corrected chi connectivity index (χ0v) is 15.2. The maximum Gasteiger partial charge on any atom is 0.105 e. The van der Waals surface area contributed by atoms with E-state index in [-0.39, 0.29) is 0 Å². The topological polar surface area (TPSA) is 0 Å². The summed E-state index contributed by atoms with van der Waals surface area (Å²) in [5.74, 6) is 1.70. The van der Waals surface area contributed by atoms with Gasteiger partial charge >= 0.3 is 0 Å². The van der Waals surface area contributed by atoms with Crippen LogP contribution in [0.15, 0.2) is 0 Å². The van der Waals surface area contributed by atoms with E-state index in [0.29, 0.717) is 12.3 Å². The zero-order valence-electron chi connectivity index (χ0n) is 13.1. The van der Waals surface area contributed by atoms with E-state index in [4.69, 9.17) is 0 Å². The predicted molar refractivity (Wildman–Crippen MR) is 91.8 cm³/mol. The normalized spacial score (nSPS) is 26.4. The Morgan fingerprint density at radius 3 is 2.32 bits per heavy atom. The molecule has 0 aliphatic heterocycles. The highest BCUT2D eigenvalue weighted by atomic mass is 127. The van der Waals surface area contributed by atoms with Gasteiger partial charge in [-0.25, -0.2) is 4.39 Å². The van der Waals surface area contributed by atoms with Crippen LogP contribution in [0.3, 0.4) is 0 Å². The minimum atomic E-state index is -0.980. The fraction of sp³-hybridized carbons (Fsp3) is 1.00. The molecule has 1 saturated carbocycles. The molecule has 0 aromatic rings. The molecule has 1 atom stereocenters. The molecular formula is C17H32FI. The average molecular weight is 382 g/mol. The van der Waals surface area contributed by atoms with Crippen molar-refractivity contribution in [3.63, 3.8) is 0 Å². The van der Waals surface area contributed by atoms with Crippen molar-refractivity contribution in [3.8, 4) is 0 Å². The van der Waals surface area contributed by atoms with Crippen LogP contribution in [0, 0.1) is 11.8 Å². The lowest BCUT2D eigenvalue weighted by Gasteiger charge is -2.25. The predicted octanol–water partition coefficient (Wildman–Crippen LogP) is 6.71. The molecule has 0 amide bonds. The van der Waals surface area contributed by atoms with Gasteiger partial charge in [-0.05, 0) is 64.2 Å². The molecule has 0 spiro atoms. The molecule has 1 fully saturated rings. The monoisotopic (exact) mass is 382 g/mol. The van der Waals surface area contributed by atoms with Crippen LogP contribution < -0.4 is 0 Å². The molecule has 0 aromatic carbocycles. The summed E-state index contributed by atoms with van der Waals surface area (Å²) in [5.41, 5.74) is -0.980. The maximum atomic E-state index is 13.4. The molecule has 0 radical (unpaired) electrons. The second kappa shape index (κ2) is 8.84. The lowest BCUT2D eigenvalue weighted by molar-refractivity contribution is 0.185. The summed E-state index contributed by atoms with van der Waals surface area (Å²) in [5, 5.41) is 0. The SMILES string of the molecule is C[C@@H](CCCCC1CCC(I)CC1)CCC(C)(C)F. The van der Waals surface area contributed by atoms with Crippen LogP contribution in [-0.2, 0) is 0 Å². The van der Waals surface area contributed by atoms with Crippen molar-refractivity contribution >= 4 is 22.6 Å². The highest BCUT2D eigenvalue weighted by Gasteiger charge is 2.19. The Morgan fingerprint density at radius 1 is 1.11 bits per heavy atom. The molecule has 0 saturated heterocycles. The van der Waals surface area contributed by atoms with E-state index >= 15 is 0 Å². The number of unbranched alkanes of at least 4 members (excludes halogenated alkanes) is 1. The van der Waals surface area contributed by atoms with Crippen LogP contribution in [-0.4, -0.2) is 9.59 Å². The fourth-order valence-electron chi connectivity index (χ4n) is 3.07. The Labute approximate surface area is 133 Å². The summed E-state index contributed by atoms with van der Waals surface area (Å²) < 4.78 is 14.4. The molecule has 114 valence electrons. The van der Waals surface area contributed by atoms with Gasteiger partial charge in [0.1, 0.15) is 5.67 Å².